The Morgan fingerprint density at radius 3 is 2.48 bits per heavy atom. The third-order valence-corrected chi connectivity index (χ3v) is 4.27. The van der Waals surface area contributed by atoms with Crippen LogP contribution in [0.4, 0.5) is 4.79 Å². The number of carbonyl (C=O) groups excluding carboxylic acids is 2. The molecule has 3 N–H and O–H groups in total. The summed E-state index contributed by atoms with van der Waals surface area (Å²) in [7, 11) is 0. The molecule has 0 atom stereocenters. The van der Waals surface area contributed by atoms with Crippen molar-refractivity contribution in [2.75, 3.05) is 0 Å². The summed E-state index contributed by atoms with van der Waals surface area (Å²) in [5.41, 5.74) is 4.34. The first-order valence-electron chi connectivity index (χ1n) is 7.66. The van der Waals surface area contributed by atoms with Gasteiger partial charge in [-0.05, 0) is 56.2 Å². The number of hydrogen-bond donors (Lipinski definition) is 3. The van der Waals surface area contributed by atoms with E-state index in [2.05, 4.69) is 10.6 Å². The zero-order chi connectivity index (χ0) is 18.3. The number of rotatable bonds is 3. The van der Waals surface area contributed by atoms with E-state index in [1.54, 1.807) is 25.1 Å². The lowest BCUT2D eigenvalue weighted by atomic mass is 10.1. The molecule has 7 heteroatoms. The summed E-state index contributed by atoms with van der Waals surface area (Å²) in [4.78, 5) is 34.3. The van der Waals surface area contributed by atoms with E-state index in [0.29, 0.717) is 5.56 Å². The molecule has 0 bridgehead atoms. The number of carboxylic acid groups (broad SMARTS) is 1. The number of nitrogens with one attached hydrogen (secondary N) is 2. The van der Waals surface area contributed by atoms with Crippen molar-refractivity contribution in [1.29, 1.82) is 0 Å². The summed E-state index contributed by atoms with van der Waals surface area (Å²) >= 11 is 0. The third kappa shape index (κ3) is 2.80. The van der Waals surface area contributed by atoms with Crippen molar-refractivity contribution in [3.05, 3.63) is 58.0 Å². The number of carboxylic acids is 1. The second kappa shape index (κ2) is 5.94. The van der Waals surface area contributed by atoms with Gasteiger partial charge in [-0.1, -0.05) is 6.07 Å². The van der Waals surface area contributed by atoms with Gasteiger partial charge in [-0.2, -0.15) is 0 Å². The van der Waals surface area contributed by atoms with Crippen molar-refractivity contribution in [2.24, 2.45) is 0 Å². The van der Waals surface area contributed by atoms with Gasteiger partial charge in [-0.15, -0.1) is 0 Å². The topological polar surface area (TPSA) is 100 Å². The standard InChI is InChI=1S/C18H17N3O4/c1-9-7-12(8-14-16(22)20-18(25)19-14)11(3)21(9)15-6-4-5-13(10(15)2)17(23)24/h4-8H,1-3H3,(H,23,24)(H2,19,20,22,25). The first-order valence-corrected chi connectivity index (χ1v) is 7.66. The highest BCUT2D eigenvalue weighted by Crippen LogP contribution is 2.26. The maximum atomic E-state index is 11.7. The number of carbonyl (C=O) groups is 3. The molecule has 1 aliphatic rings. The summed E-state index contributed by atoms with van der Waals surface area (Å²) in [6.45, 7) is 5.54. The average Bonchev–Trinajstić information content (AvgIpc) is 2.99. The summed E-state index contributed by atoms with van der Waals surface area (Å²) in [5.74, 6) is -1.45. The van der Waals surface area contributed by atoms with Crippen molar-refractivity contribution < 1.29 is 19.5 Å². The first kappa shape index (κ1) is 16.5. The average molecular weight is 339 g/mol. The van der Waals surface area contributed by atoms with Gasteiger partial charge in [0.25, 0.3) is 5.91 Å². The molecule has 3 amide bonds. The Morgan fingerprint density at radius 1 is 1.16 bits per heavy atom. The summed E-state index contributed by atoms with van der Waals surface area (Å²) in [6, 6.07) is 6.45. The number of aromatic nitrogens is 1. The van der Waals surface area contributed by atoms with Crippen LogP contribution in [0.15, 0.2) is 30.0 Å². The number of amides is 3. The number of hydrogen-bond acceptors (Lipinski definition) is 3. The molecule has 1 fully saturated rings. The van der Waals surface area contributed by atoms with E-state index in [-0.39, 0.29) is 11.3 Å². The monoisotopic (exact) mass is 339 g/mol. The van der Waals surface area contributed by atoms with Crippen LogP contribution in [0.5, 0.6) is 0 Å². The number of nitrogens with zero attached hydrogens (tertiary/aromatic N) is 1. The predicted molar refractivity (Wildman–Crippen MR) is 91.6 cm³/mol. The highest BCUT2D eigenvalue weighted by atomic mass is 16.4. The number of urea groups is 1. The zero-order valence-electron chi connectivity index (χ0n) is 14.0. The molecule has 0 radical (unpaired) electrons. The normalized spacial score (nSPS) is 15.4. The second-order valence-corrected chi connectivity index (χ2v) is 5.88. The van der Waals surface area contributed by atoms with Crippen LogP contribution in [-0.4, -0.2) is 27.6 Å². The van der Waals surface area contributed by atoms with Crippen molar-refractivity contribution >= 4 is 24.0 Å². The van der Waals surface area contributed by atoms with Crippen LogP contribution in [0, 0.1) is 20.8 Å². The Labute approximate surface area is 144 Å². The number of imide groups is 1. The molecule has 25 heavy (non-hydrogen) atoms. The molecule has 1 aliphatic heterocycles. The number of benzene rings is 1. The fourth-order valence-electron chi connectivity index (χ4n) is 3.04. The Morgan fingerprint density at radius 2 is 1.88 bits per heavy atom. The Kier molecular flexibility index (Phi) is 3.92. The van der Waals surface area contributed by atoms with Gasteiger partial charge in [0.05, 0.1) is 5.56 Å². The van der Waals surface area contributed by atoms with Gasteiger partial charge in [0.1, 0.15) is 5.70 Å². The smallest absolute Gasteiger partial charge is 0.336 e. The molecule has 0 saturated carbocycles. The van der Waals surface area contributed by atoms with Crippen LogP contribution in [0.25, 0.3) is 11.8 Å². The van der Waals surface area contributed by atoms with Gasteiger partial charge in [-0.3, -0.25) is 10.1 Å². The number of aromatic carboxylic acids is 1. The minimum absolute atomic E-state index is 0.182. The quantitative estimate of drug-likeness (QED) is 0.590. The summed E-state index contributed by atoms with van der Waals surface area (Å²) in [6.07, 6.45) is 1.61. The van der Waals surface area contributed by atoms with Crippen LogP contribution >= 0.6 is 0 Å². The van der Waals surface area contributed by atoms with E-state index in [1.807, 2.05) is 30.5 Å². The maximum absolute atomic E-state index is 11.7. The Bertz CT molecular complexity index is 953. The lowest BCUT2D eigenvalue weighted by Crippen LogP contribution is -2.22. The third-order valence-electron chi connectivity index (χ3n) is 4.27. The van der Waals surface area contributed by atoms with E-state index in [4.69, 9.17) is 0 Å². The van der Waals surface area contributed by atoms with E-state index >= 15 is 0 Å². The largest absolute Gasteiger partial charge is 0.478 e. The van der Waals surface area contributed by atoms with Crippen LogP contribution in [0.1, 0.15) is 32.9 Å². The molecular formula is C18H17N3O4. The minimum Gasteiger partial charge on any atom is -0.478 e. The molecule has 3 rings (SSSR count). The Hall–Kier alpha value is -3.35. The highest BCUT2D eigenvalue weighted by molar-refractivity contribution is 6.14. The van der Waals surface area contributed by atoms with E-state index in [1.165, 1.54) is 0 Å². The lowest BCUT2D eigenvalue weighted by Gasteiger charge is -2.14. The van der Waals surface area contributed by atoms with Gasteiger partial charge in [0.2, 0.25) is 0 Å². The van der Waals surface area contributed by atoms with Crippen LogP contribution in [0.2, 0.25) is 0 Å². The molecule has 0 spiro atoms. The summed E-state index contributed by atoms with van der Waals surface area (Å²) < 4.78 is 1.93. The maximum Gasteiger partial charge on any atom is 0.336 e. The Balaban J connectivity index is 2.12. The molecule has 1 aromatic heterocycles. The molecule has 1 saturated heterocycles. The van der Waals surface area contributed by atoms with Crippen LogP contribution in [0.3, 0.4) is 0 Å². The lowest BCUT2D eigenvalue weighted by molar-refractivity contribution is -0.115. The van der Waals surface area contributed by atoms with Gasteiger partial charge >= 0.3 is 12.0 Å². The van der Waals surface area contributed by atoms with Crippen molar-refractivity contribution in [3.8, 4) is 5.69 Å². The molecule has 0 aliphatic carbocycles. The molecule has 2 heterocycles. The van der Waals surface area contributed by atoms with Gasteiger partial charge in [-0.25, -0.2) is 9.59 Å². The minimum atomic E-state index is -0.977. The van der Waals surface area contributed by atoms with Crippen molar-refractivity contribution in [2.45, 2.75) is 20.8 Å². The molecular weight excluding hydrogens is 322 g/mol. The fourth-order valence-corrected chi connectivity index (χ4v) is 3.04. The van der Waals surface area contributed by atoms with Gasteiger partial charge in [0.15, 0.2) is 0 Å². The first-order chi connectivity index (χ1) is 11.8. The second-order valence-electron chi connectivity index (χ2n) is 5.88. The zero-order valence-corrected chi connectivity index (χ0v) is 14.0. The van der Waals surface area contributed by atoms with Crippen molar-refractivity contribution in [1.82, 2.24) is 15.2 Å². The van der Waals surface area contributed by atoms with Gasteiger partial charge in [0, 0.05) is 17.1 Å². The molecule has 0 unspecified atom stereocenters. The van der Waals surface area contributed by atoms with E-state index < -0.39 is 17.9 Å². The van der Waals surface area contributed by atoms with E-state index in [0.717, 1.165) is 22.6 Å². The molecule has 7 nitrogen and oxygen atoms in total. The van der Waals surface area contributed by atoms with Crippen molar-refractivity contribution in [3.63, 3.8) is 0 Å². The summed E-state index contributed by atoms with van der Waals surface area (Å²) in [5, 5.41) is 13.9. The molecule has 1 aromatic carbocycles. The highest BCUT2D eigenvalue weighted by Gasteiger charge is 2.24. The van der Waals surface area contributed by atoms with Crippen LogP contribution < -0.4 is 10.6 Å². The molecule has 128 valence electrons. The van der Waals surface area contributed by atoms with Gasteiger partial charge < -0.3 is 15.0 Å². The SMILES string of the molecule is Cc1c(C(=O)O)cccc1-n1c(C)cc(C=C2NC(=O)NC2=O)c1C. The molecule has 2 aromatic rings. The van der Waals surface area contributed by atoms with E-state index in [9.17, 15) is 19.5 Å². The fraction of sp³-hybridized carbons (Fsp3) is 0.167. The number of aryl methyl sites for hydroxylation is 1. The van der Waals surface area contributed by atoms with Crippen LogP contribution in [-0.2, 0) is 4.79 Å². The predicted octanol–water partition coefficient (Wildman–Crippen LogP) is 2.28.